The van der Waals surface area contributed by atoms with Gasteiger partial charge in [0.1, 0.15) is 0 Å². The van der Waals surface area contributed by atoms with Crippen molar-refractivity contribution in [3.05, 3.63) is 111 Å². The Balaban J connectivity index is 1.27. The first-order valence-corrected chi connectivity index (χ1v) is 18.8. The SMILES string of the molecule is CCCC1(c2ccccc2)C2c3cc4cc5c6c4c4c3c3c7c8c9c%10c(cc%11c%12c%13c(cc(c%14c%13c%13c(c%12%10)c9c3c4c%13c6%14)C5)C%11)CC8=CC721. The van der Waals surface area contributed by atoms with Crippen molar-refractivity contribution in [3.8, 4) is 0 Å². The summed E-state index contributed by atoms with van der Waals surface area (Å²) in [4.78, 5) is 0. The largest absolute Gasteiger partial charge is 0.0682 e. The molecule has 3 unspecified atom stereocenters. The lowest BCUT2D eigenvalue weighted by Gasteiger charge is -2.25. The molecule has 0 N–H and O–H groups in total. The van der Waals surface area contributed by atoms with Crippen LogP contribution in [-0.4, -0.2) is 0 Å². The van der Waals surface area contributed by atoms with Crippen LogP contribution in [0.1, 0.15) is 75.8 Å². The molecule has 1 fully saturated rings. The van der Waals surface area contributed by atoms with Gasteiger partial charge in [0, 0.05) is 16.7 Å². The molecular formula is C49H24. The Labute approximate surface area is 278 Å². The van der Waals surface area contributed by atoms with Crippen LogP contribution in [0.3, 0.4) is 0 Å². The summed E-state index contributed by atoms with van der Waals surface area (Å²) in [6.45, 7) is 2.44. The van der Waals surface area contributed by atoms with Crippen LogP contribution in [0.2, 0.25) is 0 Å². The summed E-state index contributed by atoms with van der Waals surface area (Å²) >= 11 is 0. The minimum absolute atomic E-state index is 0.0333. The highest BCUT2D eigenvalue weighted by Gasteiger charge is 2.79. The minimum atomic E-state index is 0.0333. The Morgan fingerprint density at radius 3 is 1.80 bits per heavy atom. The van der Waals surface area contributed by atoms with Crippen LogP contribution in [0, 0.1) is 0 Å². The second-order valence-corrected chi connectivity index (χ2v) is 17.6. The van der Waals surface area contributed by atoms with Gasteiger partial charge in [-0.3, -0.25) is 0 Å². The minimum Gasteiger partial charge on any atom is -0.0682 e. The first-order chi connectivity index (χ1) is 24.3. The lowest BCUT2D eigenvalue weighted by Crippen LogP contribution is -2.20. The maximum absolute atomic E-state index is 2.90. The van der Waals surface area contributed by atoms with E-state index in [1.807, 2.05) is 0 Å². The van der Waals surface area contributed by atoms with Gasteiger partial charge in [0.2, 0.25) is 0 Å². The number of benzene rings is 8. The first kappa shape index (κ1) is 21.7. The van der Waals surface area contributed by atoms with E-state index in [1.165, 1.54) is 18.2 Å². The zero-order chi connectivity index (χ0) is 30.5. The fourth-order valence-corrected chi connectivity index (χ4v) is 15.7. The molecule has 0 bridgehead atoms. The number of rotatable bonds is 3. The Kier molecular flexibility index (Phi) is 2.51. The molecule has 0 amide bonds. The third-order valence-electron chi connectivity index (χ3n) is 16.4. The predicted molar refractivity (Wildman–Crippen MR) is 205 cm³/mol. The molecule has 6 aliphatic rings. The molecule has 18 rings (SSSR count). The molecular weight excluding hydrogens is 589 g/mol. The number of hydrogen-bond donors (Lipinski definition) is 0. The Morgan fingerprint density at radius 2 is 1.08 bits per heavy atom. The van der Waals surface area contributed by atoms with E-state index < -0.39 is 0 Å². The van der Waals surface area contributed by atoms with E-state index in [0.29, 0.717) is 5.92 Å². The van der Waals surface area contributed by atoms with Crippen LogP contribution in [0.5, 0.6) is 0 Å². The van der Waals surface area contributed by atoms with Gasteiger partial charge >= 0.3 is 0 Å². The fraction of sp³-hybridized carbons (Fsp3) is 0.184. The molecule has 12 aromatic rings. The quantitative estimate of drug-likeness (QED) is 0.174. The number of hydrogen-bond acceptors (Lipinski definition) is 0. The molecule has 0 nitrogen and oxygen atoms in total. The summed E-state index contributed by atoms with van der Waals surface area (Å²) in [5, 5.41) is 32.7. The molecule has 220 valence electrons. The first-order valence-electron chi connectivity index (χ1n) is 18.8. The van der Waals surface area contributed by atoms with Gasteiger partial charge < -0.3 is 0 Å². The summed E-state index contributed by atoms with van der Waals surface area (Å²) in [6, 6.07) is 22.6. The van der Waals surface area contributed by atoms with Crippen molar-refractivity contribution in [2.45, 2.75) is 55.8 Å². The Hall–Kier alpha value is -5.20. The lowest BCUT2D eigenvalue weighted by atomic mass is 9.77. The maximum atomic E-state index is 2.90. The van der Waals surface area contributed by atoms with Crippen molar-refractivity contribution < 1.29 is 0 Å². The molecule has 6 aliphatic carbocycles. The summed E-state index contributed by atoms with van der Waals surface area (Å²) in [6.07, 6.45) is 8.62. The van der Waals surface area contributed by atoms with Crippen molar-refractivity contribution >= 4 is 113 Å². The second-order valence-electron chi connectivity index (χ2n) is 17.6. The van der Waals surface area contributed by atoms with E-state index in [0.717, 1.165) is 19.3 Å². The van der Waals surface area contributed by atoms with E-state index in [2.05, 4.69) is 67.6 Å². The van der Waals surface area contributed by atoms with Crippen LogP contribution in [-0.2, 0) is 30.1 Å². The summed E-state index contributed by atoms with van der Waals surface area (Å²) in [7, 11) is 0. The predicted octanol–water partition coefficient (Wildman–Crippen LogP) is 12.1. The van der Waals surface area contributed by atoms with Gasteiger partial charge in [0.15, 0.2) is 0 Å². The topological polar surface area (TPSA) is 0 Å². The van der Waals surface area contributed by atoms with Crippen molar-refractivity contribution in [1.82, 2.24) is 0 Å². The molecule has 1 saturated carbocycles. The number of allylic oxidation sites excluding steroid dienone is 2. The molecule has 49 heavy (non-hydrogen) atoms. The molecule has 0 aromatic heterocycles. The highest BCUT2D eigenvalue weighted by atomic mass is 14.8. The van der Waals surface area contributed by atoms with Crippen molar-refractivity contribution in [3.63, 3.8) is 0 Å². The van der Waals surface area contributed by atoms with Gasteiger partial charge in [0.05, 0.1) is 0 Å². The molecule has 3 atom stereocenters. The molecule has 0 radical (unpaired) electrons. The normalized spacial score (nSPS) is 25.2. The molecule has 1 spiro atoms. The number of fused-ring (bicyclic) bond motifs is 1. The van der Waals surface area contributed by atoms with E-state index in [1.54, 1.807) is 158 Å². The Bertz CT molecular complexity index is 3740. The summed E-state index contributed by atoms with van der Waals surface area (Å²) < 4.78 is 0. The summed E-state index contributed by atoms with van der Waals surface area (Å²) in [5.74, 6) is 0.487. The average molecular weight is 613 g/mol. The van der Waals surface area contributed by atoms with Crippen LogP contribution in [0.4, 0.5) is 0 Å². The smallest absolute Gasteiger partial charge is 0.0331 e. The molecule has 0 aliphatic heterocycles. The molecule has 0 heterocycles. The fourth-order valence-electron chi connectivity index (χ4n) is 15.7. The van der Waals surface area contributed by atoms with Gasteiger partial charge in [-0.25, -0.2) is 0 Å². The summed E-state index contributed by atoms with van der Waals surface area (Å²) in [5.41, 5.74) is 16.5. The van der Waals surface area contributed by atoms with Crippen LogP contribution in [0.15, 0.2) is 60.7 Å². The Morgan fingerprint density at radius 1 is 0.531 bits per heavy atom. The van der Waals surface area contributed by atoms with Gasteiger partial charge in [0.25, 0.3) is 0 Å². The van der Waals surface area contributed by atoms with Gasteiger partial charge in [-0.05, 0) is 189 Å². The van der Waals surface area contributed by atoms with Crippen molar-refractivity contribution in [2.75, 3.05) is 0 Å². The molecule has 0 heteroatoms. The second kappa shape index (κ2) is 5.67. The molecule has 12 aromatic carbocycles. The van der Waals surface area contributed by atoms with Crippen molar-refractivity contribution in [1.29, 1.82) is 0 Å². The van der Waals surface area contributed by atoms with E-state index in [4.69, 9.17) is 0 Å². The highest BCUT2D eigenvalue weighted by molar-refractivity contribution is 6.64. The lowest BCUT2D eigenvalue weighted by molar-refractivity contribution is 0.546. The van der Waals surface area contributed by atoms with Crippen LogP contribution < -0.4 is 0 Å². The molecule has 0 saturated heterocycles. The van der Waals surface area contributed by atoms with E-state index in [-0.39, 0.29) is 10.8 Å². The zero-order valence-corrected chi connectivity index (χ0v) is 26.9. The van der Waals surface area contributed by atoms with Gasteiger partial charge in [-0.2, -0.15) is 0 Å². The highest BCUT2D eigenvalue weighted by Crippen LogP contribution is 2.85. The maximum Gasteiger partial charge on any atom is 0.0331 e. The standard InChI is InChI=1S/C49H24/c1-2-8-48(24-6-4-3-5-7-24)47-25-15-22-13-19-11-20-10-17-9-18-12-21-14-23-16-49(47,48)46-32(23)37-31(21)36-27(18)26(17)34-30(20)35-28(19)29(22)38-33(25)45(46)44-42(37)40(36)39(34)41(35)43(38)44/h3-7,10,12-13,15-16,47H,2,8-9,11,14H2,1H3. The van der Waals surface area contributed by atoms with Gasteiger partial charge in [-0.1, -0.05) is 74.0 Å². The zero-order valence-electron chi connectivity index (χ0n) is 26.9. The van der Waals surface area contributed by atoms with Crippen LogP contribution >= 0.6 is 0 Å². The van der Waals surface area contributed by atoms with Crippen molar-refractivity contribution in [2.24, 2.45) is 0 Å². The monoisotopic (exact) mass is 612 g/mol. The van der Waals surface area contributed by atoms with E-state index >= 15 is 0 Å². The van der Waals surface area contributed by atoms with E-state index in [9.17, 15) is 0 Å². The average Bonchev–Trinajstić information content (AvgIpc) is 3.79. The van der Waals surface area contributed by atoms with Crippen LogP contribution in [0.25, 0.3) is 113 Å². The van der Waals surface area contributed by atoms with Gasteiger partial charge in [-0.15, -0.1) is 0 Å². The third kappa shape index (κ3) is 1.54. The third-order valence-corrected chi connectivity index (χ3v) is 16.4.